The molecule has 5 nitrogen and oxygen atoms in total. The number of carbonyl (C=O) groups is 2. The minimum Gasteiger partial charge on any atom is -0.351 e. The van der Waals surface area contributed by atoms with Crippen LogP contribution in [0, 0.1) is 11.3 Å². The van der Waals surface area contributed by atoms with Crippen LogP contribution in [0.1, 0.15) is 17.5 Å². The summed E-state index contributed by atoms with van der Waals surface area (Å²) in [5.74, 6) is -0.475. The number of nitrogens with one attached hydrogen (secondary N) is 2. The van der Waals surface area contributed by atoms with Crippen LogP contribution in [0.5, 0.6) is 0 Å². The second kappa shape index (κ2) is 8.85. The largest absolute Gasteiger partial charge is 0.351 e. The van der Waals surface area contributed by atoms with E-state index in [1.165, 1.54) is 0 Å². The van der Waals surface area contributed by atoms with Crippen LogP contribution in [0.2, 0.25) is 0 Å². The molecule has 0 aliphatic rings. The van der Waals surface area contributed by atoms with Crippen molar-refractivity contribution in [3.8, 4) is 6.07 Å². The summed E-state index contributed by atoms with van der Waals surface area (Å²) >= 11 is 3.38. The number of nitriles is 1. The van der Waals surface area contributed by atoms with Crippen molar-refractivity contribution in [1.29, 1.82) is 5.26 Å². The van der Waals surface area contributed by atoms with Gasteiger partial charge in [-0.1, -0.05) is 46.3 Å². The fourth-order valence-corrected chi connectivity index (χ4v) is 2.60. The van der Waals surface area contributed by atoms with Crippen molar-refractivity contribution >= 4 is 33.4 Å². The first-order valence-electron chi connectivity index (χ1n) is 7.34. The average molecular weight is 386 g/mol. The zero-order valence-electron chi connectivity index (χ0n) is 12.9. The lowest BCUT2D eigenvalue weighted by Gasteiger charge is -2.12. The zero-order valence-corrected chi connectivity index (χ0v) is 14.5. The molecule has 122 valence electrons. The first-order chi connectivity index (χ1) is 11.6. The van der Waals surface area contributed by atoms with Crippen LogP contribution in [-0.2, 0) is 22.6 Å². The Hall–Kier alpha value is -2.65. The number of halogens is 1. The van der Waals surface area contributed by atoms with E-state index in [0.29, 0.717) is 5.69 Å². The molecule has 6 heteroatoms. The van der Waals surface area contributed by atoms with Crippen LogP contribution in [0.25, 0.3) is 0 Å². The molecule has 24 heavy (non-hydrogen) atoms. The van der Waals surface area contributed by atoms with E-state index in [9.17, 15) is 9.59 Å². The molecule has 0 saturated carbocycles. The van der Waals surface area contributed by atoms with Gasteiger partial charge in [0.05, 0.1) is 12.5 Å². The van der Waals surface area contributed by atoms with E-state index >= 15 is 0 Å². The van der Waals surface area contributed by atoms with Gasteiger partial charge >= 0.3 is 0 Å². The van der Waals surface area contributed by atoms with Crippen molar-refractivity contribution in [3.63, 3.8) is 0 Å². The summed E-state index contributed by atoms with van der Waals surface area (Å²) in [4.78, 5) is 23.6. The highest BCUT2D eigenvalue weighted by Crippen LogP contribution is 2.16. The van der Waals surface area contributed by atoms with Crippen molar-refractivity contribution in [1.82, 2.24) is 5.32 Å². The highest BCUT2D eigenvalue weighted by molar-refractivity contribution is 9.10. The van der Waals surface area contributed by atoms with Crippen molar-refractivity contribution in [2.24, 2.45) is 0 Å². The highest BCUT2D eigenvalue weighted by Gasteiger charge is 2.09. The SMILES string of the molecule is N#CCC(=O)NCc1ccccc1NC(=O)Cc1cccc(Br)c1. The van der Waals surface area contributed by atoms with E-state index in [1.807, 2.05) is 42.5 Å². The van der Waals surface area contributed by atoms with Gasteiger partial charge in [-0.05, 0) is 29.3 Å². The van der Waals surface area contributed by atoms with E-state index < -0.39 is 0 Å². The number of carbonyl (C=O) groups excluding carboxylic acids is 2. The second-order valence-corrected chi connectivity index (χ2v) is 6.04. The number of anilines is 1. The van der Waals surface area contributed by atoms with Gasteiger partial charge in [0.1, 0.15) is 6.42 Å². The third-order valence-corrected chi connectivity index (χ3v) is 3.75. The molecule has 2 aromatic carbocycles. The molecule has 0 aromatic heterocycles. The summed E-state index contributed by atoms with van der Waals surface area (Å²) < 4.78 is 0.924. The smallest absolute Gasteiger partial charge is 0.234 e. The molecule has 2 amide bonds. The molecule has 2 aromatic rings. The molecule has 0 aliphatic heterocycles. The monoisotopic (exact) mass is 385 g/mol. The van der Waals surface area contributed by atoms with Gasteiger partial charge in [-0.3, -0.25) is 9.59 Å². The lowest BCUT2D eigenvalue weighted by atomic mass is 10.1. The summed E-state index contributed by atoms with van der Waals surface area (Å²) in [6.07, 6.45) is 0.0754. The minimum atomic E-state index is -0.340. The summed E-state index contributed by atoms with van der Waals surface area (Å²) in [7, 11) is 0. The summed E-state index contributed by atoms with van der Waals surface area (Å²) in [5, 5.41) is 14.0. The maximum atomic E-state index is 12.2. The van der Waals surface area contributed by atoms with Gasteiger partial charge in [0, 0.05) is 16.7 Å². The zero-order chi connectivity index (χ0) is 17.4. The fraction of sp³-hybridized carbons (Fsp3) is 0.167. The number of amides is 2. The number of rotatable bonds is 6. The fourth-order valence-electron chi connectivity index (χ4n) is 2.15. The number of benzene rings is 2. The van der Waals surface area contributed by atoms with Crippen LogP contribution in [0.4, 0.5) is 5.69 Å². The Bertz CT molecular complexity index is 784. The van der Waals surface area contributed by atoms with Gasteiger partial charge in [0.25, 0.3) is 0 Å². The Labute approximate surface area is 148 Å². The Balaban J connectivity index is 2.00. The van der Waals surface area contributed by atoms with E-state index in [4.69, 9.17) is 5.26 Å². The molecule has 2 N–H and O–H groups in total. The first-order valence-corrected chi connectivity index (χ1v) is 8.13. The summed E-state index contributed by atoms with van der Waals surface area (Å²) in [5.41, 5.74) is 2.34. The molecule has 0 spiro atoms. The van der Waals surface area contributed by atoms with Gasteiger partial charge in [-0.15, -0.1) is 0 Å². The molecule has 0 unspecified atom stereocenters. The average Bonchev–Trinajstić information content (AvgIpc) is 2.54. The Morgan fingerprint density at radius 2 is 1.88 bits per heavy atom. The number of para-hydroxylation sites is 1. The van der Waals surface area contributed by atoms with E-state index in [2.05, 4.69) is 26.6 Å². The van der Waals surface area contributed by atoms with Gasteiger partial charge in [-0.2, -0.15) is 5.26 Å². The molecule has 0 aliphatic carbocycles. The first kappa shape index (κ1) is 17.7. The number of hydrogen-bond donors (Lipinski definition) is 2. The topological polar surface area (TPSA) is 82.0 Å². The molecule has 0 radical (unpaired) electrons. The van der Waals surface area contributed by atoms with Crippen molar-refractivity contribution in [2.75, 3.05) is 5.32 Å². The van der Waals surface area contributed by atoms with Crippen LogP contribution in [-0.4, -0.2) is 11.8 Å². The maximum Gasteiger partial charge on any atom is 0.234 e. The minimum absolute atomic E-state index is 0.135. The predicted molar refractivity (Wildman–Crippen MR) is 95.0 cm³/mol. The molecular formula is C18H16BrN3O2. The van der Waals surface area contributed by atoms with Gasteiger partial charge in [-0.25, -0.2) is 0 Å². The van der Waals surface area contributed by atoms with Crippen LogP contribution < -0.4 is 10.6 Å². The van der Waals surface area contributed by atoms with E-state index in [-0.39, 0.29) is 31.2 Å². The second-order valence-electron chi connectivity index (χ2n) is 5.12. The molecule has 0 heterocycles. The molecule has 0 saturated heterocycles. The molecule has 0 fully saturated rings. The van der Waals surface area contributed by atoms with Crippen molar-refractivity contribution < 1.29 is 9.59 Å². The number of nitrogens with zero attached hydrogens (tertiary/aromatic N) is 1. The van der Waals surface area contributed by atoms with E-state index in [0.717, 1.165) is 15.6 Å². The quantitative estimate of drug-likeness (QED) is 0.800. The highest BCUT2D eigenvalue weighted by atomic mass is 79.9. The van der Waals surface area contributed by atoms with Gasteiger partial charge in [0.2, 0.25) is 11.8 Å². The lowest BCUT2D eigenvalue weighted by molar-refractivity contribution is -0.120. The summed E-state index contributed by atoms with van der Waals surface area (Å²) in [6.45, 7) is 0.258. The standard InChI is InChI=1S/C18H16BrN3O2/c19-15-6-3-4-13(10-15)11-18(24)22-16-7-2-1-5-14(16)12-21-17(23)8-9-20/h1-7,10H,8,11-12H2,(H,21,23)(H,22,24). The van der Waals surface area contributed by atoms with Gasteiger partial charge < -0.3 is 10.6 Å². The van der Waals surface area contributed by atoms with Crippen molar-refractivity contribution in [2.45, 2.75) is 19.4 Å². The summed E-state index contributed by atoms with van der Waals surface area (Å²) in [6, 6.07) is 16.6. The van der Waals surface area contributed by atoms with Gasteiger partial charge in [0.15, 0.2) is 0 Å². The van der Waals surface area contributed by atoms with Crippen LogP contribution >= 0.6 is 15.9 Å². The Morgan fingerprint density at radius 3 is 2.62 bits per heavy atom. The Kier molecular flexibility index (Phi) is 6.52. The Morgan fingerprint density at radius 1 is 1.08 bits per heavy atom. The normalized spacial score (nSPS) is 9.83. The number of hydrogen-bond acceptors (Lipinski definition) is 3. The molecule has 0 atom stereocenters. The molecule has 0 bridgehead atoms. The molecule has 2 rings (SSSR count). The van der Waals surface area contributed by atoms with Crippen molar-refractivity contribution in [3.05, 3.63) is 64.1 Å². The van der Waals surface area contributed by atoms with Crippen LogP contribution in [0.3, 0.4) is 0 Å². The third kappa shape index (κ3) is 5.52. The maximum absolute atomic E-state index is 12.2. The third-order valence-electron chi connectivity index (χ3n) is 3.26. The molecular weight excluding hydrogens is 370 g/mol. The van der Waals surface area contributed by atoms with Crippen LogP contribution in [0.15, 0.2) is 53.0 Å². The predicted octanol–water partition coefficient (Wildman–Crippen LogP) is 3.16. The lowest BCUT2D eigenvalue weighted by Crippen LogP contribution is -2.23. The van der Waals surface area contributed by atoms with E-state index in [1.54, 1.807) is 12.1 Å².